The van der Waals surface area contributed by atoms with Crippen molar-refractivity contribution < 1.29 is 0 Å². The Balaban J connectivity index is 1.70. The first-order valence-corrected chi connectivity index (χ1v) is 7.20. The van der Waals surface area contributed by atoms with Crippen LogP contribution in [0.2, 0.25) is 0 Å². The van der Waals surface area contributed by atoms with Crippen LogP contribution in [0.25, 0.3) is 0 Å². The fraction of sp³-hybridized carbons (Fsp3) is 0.562. The largest absolute Gasteiger partial charge is 0.387 e. The summed E-state index contributed by atoms with van der Waals surface area (Å²) in [7, 11) is 0. The number of benzene rings is 1. The van der Waals surface area contributed by atoms with E-state index >= 15 is 0 Å². The van der Waals surface area contributed by atoms with Crippen LogP contribution in [0.4, 0.5) is 0 Å². The lowest BCUT2D eigenvalue weighted by Crippen LogP contribution is -2.26. The van der Waals surface area contributed by atoms with Gasteiger partial charge in [0.05, 0.1) is 5.84 Å². The maximum Gasteiger partial charge on any atom is 0.0968 e. The number of amidine groups is 1. The monoisotopic (exact) mass is 244 g/mol. The van der Waals surface area contributed by atoms with Crippen LogP contribution in [0.5, 0.6) is 0 Å². The Kier molecular flexibility index (Phi) is 5.25. The molecule has 0 radical (unpaired) electrons. The predicted octanol–water partition coefficient (Wildman–Crippen LogP) is 3.56. The van der Waals surface area contributed by atoms with E-state index in [0.717, 1.165) is 25.2 Å². The lowest BCUT2D eigenvalue weighted by molar-refractivity contribution is 0.436. The average molecular weight is 244 g/mol. The smallest absolute Gasteiger partial charge is 0.0968 e. The molecule has 0 amide bonds. The highest BCUT2D eigenvalue weighted by Gasteiger charge is 2.16. The van der Waals surface area contributed by atoms with Gasteiger partial charge in [-0.15, -0.1) is 0 Å². The molecule has 1 aromatic rings. The molecule has 0 unspecified atom stereocenters. The van der Waals surface area contributed by atoms with Crippen molar-refractivity contribution in [1.82, 2.24) is 0 Å². The van der Waals surface area contributed by atoms with E-state index in [-0.39, 0.29) is 0 Å². The third-order valence-corrected chi connectivity index (χ3v) is 3.78. The van der Waals surface area contributed by atoms with Crippen LogP contribution in [0, 0.1) is 5.92 Å². The minimum atomic E-state index is 0.565. The Morgan fingerprint density at radius 3 is 2.56 bits per heavy atom. The van der Waals surface area contributed by atoms with Gasteiger partial charge in [-0.2, -0.15) is 0 Å². The summed E-state index contributed by atoms with van der Waals surface area (Å²) < 4.78 is 0. The fourth-order valence-electron chi connectivity index (χ4n) is 2.66. The van der Waals surface area contributed by atoms with Crippen LogP contribution in [-0.2, 0) is 6.42 Å². The Morgan fingerprint density at radius 2 is 1.83 bits per heavy atom. The second-order valence-electron chi connectivity index (χ2n) is 5.23. The molecule has 0 heterocycles. The van der Waals surface area contributed by atoms with Crippen molar-refractivity contribution in [3.05, 3.63) is 35.9 Å². The molecule has 0 aromatic heterocycles. The number of aliphatic imine (C=N–C) groups is 1. The van der Waals surface area contributed by atoms with Crippen LogP contribution in [0.1, 0.15) is 44.1 Å². The molecule has 1 saturated carbocycles. The van der Waals surface area contributed by atoms with E-state index < -0.39 is 0 Å². The molecule has 1 fully saturated rings. The topological polar surface area (TPSA) is 38.4 Å². The van der Waals surface area contributed by atoms with Gasteiger partial charge in [-0.25, -0.2) is 0 Å². The van der Waals surface area contributed by atoms with Crippen molar-refractivity contribution in [2.24, 2.45) is 16.6 Å². The van der Waals surface area contributed by atoms with Gasteiger partial charge in [0.15, 0.2) is 0 Å². The Labute approximate surface area is 110 Å². The summed E-state index contributed by atoms with van der Waals surface area (Å²) in [4.78, 5) is 4.56. The SMILES string of the molecule is NC(=NCCCc1ccccc1)C1CCCCC1. The second-order valence-corrected chi connectivity index (χ2v) is 5.23. The van der Waals surface area contributed by atoms with Gasteiger partial charge in [-0.05, 0) is 31.2 Å². The molecule has 1 aromatic carbocycles. The normalized spacial score (nSPS) is 17.9. The van der Waals surface area contributed by atoms with E-state index in [1.54, 1.807) is 0 Å². The number of aryl methyl sites for hydroxylation is 1. The first kappa shape index (κ1) is 13.1. The zero-order chi connectivity index (χ0) is 12.6. The van der Waals surface area contributed by atoms with Crippen LogP contribution in [-0.4, -0.2) is 12.4 Å². The van der Waals surface area contributed by atoms with Gasteiger partial charge in [0.25, 0.3) is 0 Å². The van der Waals surface area contributed by atoms with E-state index in [4.69, 9.17) is 5.73 Å². The van der Waals surface area contributed by atoms with Gasteiger partial charge in [0, 0.05) is 12.5 Å². The second kappa shape index (κ2) is 7.20. The summed E-state index contributed by atoms with van der Waals surface area (Å²) in [5.41, 5.74) is 7.47. The van der Waals surface area contributed by atoms with Crippen molar-refractivity contribution in [3.63, 3.8) is 0 Å². The Bertz CT molecular complexity index is 364. The minimum Gasteiger partial charge on any atom is -0.387 e. The molecule has 2 rings (SSSR count). The highest BCUT2D eigenvalue weighted by Crippen LogP contribution is 2.23. The first-order chi connectivity index (χ1) is 8.86. The first-order valence-electron chi connectivity index (χ1n) is 7.20. The highest BCUT2D eigenvalue weighted by atomic mass is 14.9. The third kappa shape index (κ3) is 4.17. The van der Waals surface area contributed by atoms with Gasteiger partial charge in [0.2, 0.25) is 0 Å². The lowest BCUT2D eigenvalue weighted by Gasteiger charge is -2.20. The Hall–Kier alpha value is -1.31. The number of nitrogens with two attached hydrogens (primary N) is 1. The molecule has 0 atom stereocenters. The molecule has 0 spiro atoms. The molecule has 1 aliphatic carbocycles. The van der Waals surface area contributed by atoms with Gasteiger partial charge >= 0.3 is 0 Å². The van der Waals surface area contributed by atoms with Crippen molar-refractivity contribution in [2.45, 2.75) is 44.9 Å². The number of rotatable bonds is 5. The molecular formula is C16H24N2. The zero-order valence-corrected chi connectivity index (χ0v) is 11.1. The van der Waals surface area contributed by atoms with Gasteiger partial charge in [-0.1, -0.05) is 49.6 Å². The molecule has 0 saturated heterocycles. The standard InChI is InChI=1S/C16H24N2/c17-16(15-11-5-2-6-12-15)18-13-7-10-14-8-3-1-4-9-14/h1,3-4,8-9,15H,2,5-7,10-13H2,(H2,17,18). The summed E-state index contributed by atoms with van der Waals surface area (Å²) in [5.74, 6) is 1.47. The van der Waals surface area contributed by atoms with Gasteiger partial charge in [-0.3, -0.25) is 4.99 Å². The molecule has 2 N–H and O–H groups in total. The van der Waals surface area contributed by atoms with E-state index in [1.165, 1.54) is 37.7 Å². The zero-order valence-electron chi connectivity index (χ0n) is 11.1. The lowest BCUT2D eigenvalue weighted by atomic mass is 9.88. The van der Waals surface area contributed by atoms with E-state index in [0.29, 0.717) is 5.92 Å². The van der Waals surface area contributed by atoms with E-state index in [2.05, 4.69) is 35.3 Å². The van der Waals surface area contributed by atoms with E-state index in [1.807, 2.05) is 0 Å². The van der Waals surface area contributed by atoms with Crippen LogP contribution >= 0.6 is 0 Å². The summed E-state index contributed by atoms with van der Waals surface area (Å²) >= 11 is 0. The molecular weight excluding hydrogens is 220 g/mol. The van der Waals surface area contributed by atoms with Crippen molar-refractivity contribution in [2.75, 3.05) is 6.54 Å². The maximum absolute atomic E-state index is 6.08. The number of hydrogen-bond acceptors (Lipinski definition) is 1. The quantitative estimate of drug-likeness (QED) is 0.480. The number of nitrogens with zero attached hydrogens (tertiary/aromatic N) is 1. The molecule has 98 valence electrons. The van der Waals surface area contributed by atoms with E-state index in [9.17, 15) is 0 Å². The maximum atomic E-state index is 6.08. The fourth-order valence-corrected chi connectivity index (χ4v) is 2.66. The molecule has 0 aliphatic heterocycles. The summed E-state index contributed by atoms with van der Waals surface area (Å²) in [6, 6.07) is 10.6. The predicted molar refractivity (Wildman–Crippen MR) is 77.8 cm³/mol. The molecule has 18 heavy (non-hydrogen) atoms. The average Bonchev–Trinajstić information content (AvgIpc) is 2.45. The van der Waals surface area contributed by atoms with Crippen LogP contribution < -0.4 is 5.73 Å². The summed E-state index contributed by atoms with van der Waals surface area (Å²) in [6.45, 7) is 0.872. The minimum absolute atomic E-state index is 0.565. The summed E-state index contributed by atoms with van der Waals surface area (Å²) in [5, 5.41) is 0. The van der Waals surface area contributed by atoms with Gasteiger partial charge in [0.1, 0.15) is 0 Å². The van der Waals surface area contributed by atoms with Crippen molar-refractivity contribution >= 4 is 5.84 Å². The molecule has 0 bridgehead atoms. The molecule has 2 nitrogen and oxygen atoms in total. The van der Waals surface area contributed by atoms with Crippen LogP contribution in [0.3, 0.4) is 0 Å². The van der Waals surface area contributed by atoms with Gasteiger partial charge < -0.3 is 5.73 Å². The molecule has 2 heteroatoms. The highest BCUT2D eigenvalue weighted by molar-refractivity contribution is 5.82. The number of hydrogen-bond donors (Lipinski definition) is 1. The van der Waals surface area contributed by atoms with Crippen molar-refractivity contribution in [3.8, 4) is 0 Å². The van der Waals surface area contributed by atoms with Crippen molar-refractivity contribution in [1.29, 1.82) is 0 Å². The third-order valence-electron chi connectivity index (χ3n) is 3.78. The molecule has 1 aliphatic rings. The Morgan fingerprint density at radius 1 is 1.11 bits per heavy atom. The summed E-state index contributed by atoms with van der Waals surface area (Å²) in [6.07, 6.45) is 8.70. The van der Waals surface area contributed by atoms with Crippen LogP contribution in [0.15, 0.2) is 35.3 Å².